The Labute approximate surface area is 125 Å². The molecule has 0 bridgehead atoms. The minimum atomic E-state index is -0.924. The summed E-state index contributed by atoms with van der Waals surface area (Å²) in [6, 6.07) is 8.47. The average molecular weight is 289 g/mol. The highest BCUT2D eigenvalue weighted by Crippen LogP contribution is 2.24. The van der Waals surface area contributed by atoms with Gasteiger partial charge >= 0.3 is 5.97 Å². The van der Waals surface area contributed by atoms with Crippen LogP contribution in [0, 0.1) is 0 Å². The summed E-state index contributed by atoms with van der Waals surface area (Å²) in [5, 5.41) is 17.8. The minimum absolute atomic E-state index is 0.252. The SMILES string of the molecule is O=C(O)C=Cc1ccccc1CN1CCCC1CCCO. The molecular weight excluding hydrogens is 266 g/mol. The van der Waals surface area contributed by atoms with Gasteiger partial charge in [-0.2, -0.15) is 0 Å². The van der Waals surface area contributed by atoms with Crippen molar-refractivity contribution in [1.29, 1.82) is 0 Å². The Hall–Kier alpha value is -1.65. The van der Waals surface area contributed by atoms with Crippen LogP contribution in [0.5, 0.6) is 0 Å². The number of hydrogen-bond acceptors (Lipinski definition) is 3. The van der Waals surface area contributed by atoms with E-state index < -0.39 is 5.97 Å². The van der Waals surface area contributed by atoms with Crippen molar-refractivity contribution in [2.24, 2.45) is 0 Å². The van der Waals surface area contributed by atoms with E-state index in [-0.39, 0.29) is 6.61 Å². The molecule has 114 valence electrons. The lowest BCUT2D eigenvalue weighted by atomic mass is 10.0. The minimum Gasteiger partial charge on any atom is -0.478 e. The van der Waals surface area contributed by atoms with Crippen molar-refractivity contribution in [2.75, 3.05) is 13.2 Å². The van der Waals surface area contributed by atoms with Crippen LogP contribution in [0.3, 0.4) is 0 Å². The van der Waals surface area contributed by atoms with Gasteiger partial charge in [0, 0.05) is 25.3 Å². The number of carboxylic acids is 1. The Morgan fingerprint density at radius 3 is 2.95 bits per heavy atom. The van der Waals surface area contributed by atoms with E-state index in [4.69, 9.17) is 10.2 Å². The van der Waals surface area contributed by atoms with Gasteiger partial charge in [0.2, 0.25) is 0 Å². The van der Waals surface area contributed by atoms with E-state index in [1.54, 1.807) is 6.08 Å². The molecule has 1 fully saturated rings. The van der Waals surface area contributed by atoms with Crippen LogP contribution in [0.15, 0.2) is 30.3 Å². The third-order valence-electron chi connectivity index (χ3n) is 4.03. The molecule has 0 spiro atoms. The molecule has 1 aromatic carbocycles. The van der Waals surface area contributed by atoms with Gasteiger partial charge in [-0.25, -0.2) is 4.79 Å². The third-order valence-corrected chi connectivity index (χ3v) is 4.03. The molecule has 2 rings (SSSR count). The van der Waals surface area contributed by atoms with Crippen molar-refractivity contribution >= 4 is 12.0 Å². The Bertz CT molecular complexity index is 499. The second kappa shape index (κ2) is 7.96. The zero-order valence-corrected chi connectivity index (χ0v) is 12.2. The van der Waals surface area contributed by atoms with E-state index in [1.165, 1.54) is 18.9 Å². The predicted molar refractivity (Wildman–Crippen MR) is 82.9 cm³/mol. The summed E-state index contributed by atoms with van der Waals surface area (Å²) < 4.78 is 0. The quantitative estimate of drug-likeness (QED) is 0.757. The Morgan fingerprint density at radius 1 is 1.38 bits per heavy atom. The van der Waals surface area contributed by atoms with Crippen molar-refractivity contribution in [1.82, 2.24) is 4.90 Å². The first kappa shape index (κ1) is 15.7. The molecule has 0 aromatic heterocycles. The summed E-state index contributed by atoms with van der Waals surface area (Å²) in [4.78, 5) is 13.1. The van der Waals surface area contributed by atoms with E-state index in [0.717, 1.165) is 37.1 Å². The Balaban J connectivity index is 2.06. The number of aliphatic carboxylic acids is 1. The third kappa shape index (κ3) is 4.69. The molecule has 0 amide bonds. The zero-order valence-electron chi connectivity index (χ0n) is 12.2. The summed E-state index contributed by atoms with van der Waals surface area (Å²) in [5.41, 5.74) is 2.12. The van der Waals surface area contributed by atoms with Crippen LogP contribution in [0.2, 0.25) is 0 Å². The predicted octanol–water partition coefficient (Wildman–Crippen LogP) is 2.52. The molecular formula is C17H23NO3. The van der Waals surface area contributed by atoms with Crippen molar-refractivity contribution in [3.8, 4) is 0 Å². The fraction of sp³-hybridized carbons (Fsp3) is 0.471. The van der Waals surface area contributed by atoms with Crippen molar-refractivity contribution < 1.29 is 15.0 Å². The van der Waals surface area contributed by atoms with E-state index >= 15 is 0 Å². The summed E-state index contributed by atoms with van der Waals surface area (Å²) >= 11 is 0. The number of carboxylic acid groups (broad SMARTS) is 1. The Kier molecular flexibility index (Phi) is 5.96. The number of aliphatic hydroxyl groups is 1. The van der Waals surface area contributed by atoms with E-state index in [0.29, 0.717) is 6.04 Å². The molecule has 21 heavy (non-hydrogen) atoms. The molecule has 1 aromatic rings. The van der Waals surface area contributed by atoms with Crippen LogP contribution in [-0.2, 0) is 11.3 Å². The maximum atomic E-state index is 10.7. The van der Waals surface area contributed by atoms with Gasteiger partial charge in [-0.05, 0) is 49.4 Å². The normalized spacial score (nSPS) is 19.4. The summed E-state index contributed by atoms with van der Waals surface area (Å²) in [5.74, 6) is -0.924. The van der Waals surface area contributed by atoms with Gasteiger partial charge < -0.3 is 10.2 Å². The molecule has 0 radical (unpaired) electrons. The van der Waals surface area contributed by atoms with Crippen molar-refractivity contribution in [3.63, 3.8) is 0 Å². The highest BCUT2D eigenvalue weighted by atomic mass is 16.4. The lowest BCUT2D eigenvalue weighted by molar-refractivity contribution is -0.131. The molecule has 4 nitrogen and oxygen atoms in total. The van der Waals surface area contributed by atoms with Crippen LogP contribution in [0.25, 0.3) is 6.08 Å². The fourth-order valence-corrected chi connectivity index (χ4v) is 2.98. The van der Waals surface area contributed by atoms with E-state index in [9.17, 15) is 4.79 Å². The van der Waals surface area contributed by atoms with Gasteiger partial charge in [-0.3, -0.25) is 4.90 Å². The number of aliphatic hydroxyl groups excluding tert-OH is 1. The summed E-state index contributed by atoms with van der Waals surface area (Å²) in [7, 11) is 0. The first-order valence-electron chi connectivity index (χ1n) is 7.54. The average Bonchev–Trinajstić information content (AvgIpc) is 2.91. The van der Waals surface area contributed by atoms with Crippen LogP contribution < -0.4 is 0 Å². The fourth-order valence-electron chi connectivity index (χ4n) is 2.98. The monoisotopic (exact) mass is 289 g/mol. The standard InChI is InChI=1S/C17H23NO3/c19-12-4-8-16-7-3-11-18(16)13-15-6-2-1-5-14(15)9-10-17(20)21/h1-2,5-6,9-10,16,19H,3-4,7-8,11-13H2,(H,20,21). The first-order valence-corrected chi connectivity index (χ1v) is 7.54. The zero-order chi connectivity index (χ0) is 15.1. The second-order valence-electron chi connectivity index (χ2n) is 5.50. The molecule has 1 atom stereocenters. The largest absolute Gasteiger partial charge is 0.478 e. The van der Waals surface area contributed by atoms with Gasteiger partial charge in [-0.15, -0.1) is 0 Å². The van der Waals surface area contributed by atoms with E-state index in [1.807, 2.05) is 18.2 Å². The molecule has 1 aliphatic rings. The summed E-state index contributed by atoms with van der Waals surface area (Å²) in [6.07, 6.45) is 7.12. The van der Waals surface area contributed by atoms with Crippen LogP contribution in [0.4, 0.5) is 0 Å². The number of likely N-dealkylation sites (tertiary alicyclic amines) is 1. The first-order chi connectivity index (χ1) is 10.2. The molecule has 1 saturated heterocycles. The van der Waals surface area contributed by atoms with Gasteiger partial charge in [0.25, 0.3) is 0 Å². The maximum absolute atomic E-state index is 10.7. The van der Waals surface area contributed by atoms with Crippen LogP contribution in [0.1, 0.15) is 36.8 Å². The number of nitrogens with zero attached hydrogens (tertiary/aromatic N) is 1. The van der Waals surface area contributed by atoms with Gasteiger partial charge in [-0.1, -0.05) is 24.3 Å². The smallest absolute Gasteiger partial charge is 0.328 e. The number of benzene rings is 1. The topological polar surface area (TPSA) is 60.8 Å². The lowest BCUT2D eigenvalue weighted by Gasteiger charge is -2.25. The van der Waals surface area contributed by atoms with E-state index in [2.05, 4.69) is 11.0 Å². The highest BCUT2D eigenvalue weighted by molar-refractivity contribution is 5.85. The molecule has 1 unspecified atom stereocenters. The van der Waals surface area contributed by atoms with Crippen LogP contribution in [-0.4, -0.2) is 40.3 Å². The number of hydrogen-bond donors (Lipinski definition) is 2. The maximum Gasteiger partial charge on any atom is 0.328 e. The lowest BCUT2D eigenvalue weighted by Crippen LogP contribution is -2.29. The van der Waals surface area contributed by atoms with Gasteiger partial charge in [0.15, 0.2) is 0 Å². The number of rotatable bonds is 7. The molecule has 1 aliphatic heterocycles. The molecule has 0 saturated carbocycles. The highest BCUT2D eigenvalue weighted by Gasteiger charge is 2.24. The summed E-state index contributed by atoms with van der Waals surface area (Å²) in [6.45, 7) is 2.17. The molecule has 2 N–H and O–H groups in total. The molecule has 4 heteroatoms. The van der Waals surface area contributed by atoms with Crippen molar-refractivity contribution in [3.05, 3.63) is 41.5 Å². The van der Waals surface area contributed by atoms with Gasteiger partial charge in [0.05, 0.1) is 0 Å². The Morgan fingerprint density at radius 2 is 2.19 bits per heavy atom. The molecule has 0 aliphatic carbocycles. The number of carbonyl (C=O) groups is 1. The second-order valence-corrected chi connectivity index (χ2v) is 5.50. The van der Waals surface area contributed by atoms with Crippen molar-refractivity contribution in [2.45, 2.75) is 38.3 Å². The van der Waals surface area contributed by atoms with Crippen LogP contribution >= 0.6 is 0 Å². The van der Waals surface area contributed by atoms with Gasteiger partial charge in [0.1, 0.15) is 0 Å². The molecule has 1 heterocycles.